The van der Waals surface area contributed by atoms with Gasteiger partial charge in [-0.2, -0.15) is 0 Å². The number of carbonyl (C=O) groups excluding carboxylic acids is 2. The van der Waals surface area contributed by atoms with Crippen molar-refractivity contribution in [3.63, 3.8) is 0 Å². The van der Waals surface area contributed by atoms with Crippen LogP contribution in [-0.2, 0) is 51.1 Å². The molecule has 16 nitrogen and oxygen atoms in total. The lowest BCUT2D eigenvalue weighted by molar-refractivity contribution is -0.210. The average molecular weight is 533 g/mol. The first kappa shape index (κ1) is 24.1. The van der Waals surface area contributed by atoms with Crippen LogP contribution in [0.2, 0.25) is 0 Å². The van der Waals surface area contributed by atoms with Gasteiger partial charge in [0.15, 0.2) is 36.4 Å². The monoisotopic (exact) mass is 532 g/mol. The molecule has 7 rings (SSSR count). The average Bonchev–Trinajstić information content (AvgIpc) is 3.65. The van der Waals surface area contributed by atoms with E-state index in [0.717, 1.165) is 0 Å². The van der Waals surface area contributed by atoms with Gasteiger partial charge < -0.3 is 39.1 Å². The summed E-state index contributed by atoms with van der Waals surface area (Å²) in [4.78, 5) is 26.9. The van der Waals surface area contributed by atoms with Crippen molar-refractivity contribution in [2.75, 3.05) is 0 Å². The fraction of sp³-hybridized carbons (Fsp3) is 0.727. The Balaban J connectivity index is 1.25. The lowest BCUT2D eigenvalue weighted by atomic mass is 10.1. The highest BCUT2D eigenvalue weighted by atomic mass is 16.8. The molecule has 0 unspecified atom stereocenters. The van der Waals surface area contributed by atoms with Gasteiger partial charge in [-0.1, -0.05) is 10.4 Å². The van der Waals surface area contributed by atoms with Gasteiger partial charge in [0.25, 0.3) is 11.8 Å². The van der Waals surface area contributed by atoms with Gasteiger partial charge in [0.1, 0.15) is 24.3 Å². The Morgan fingerprint density at radius 2 is 1.16 bits per heavy atom. The first-order valence-electron chi connectivity index (χ1n) is 12.5. The van der Waals surface area contributed by atoms with E-state index in [2.05, 4.69) is 31.3 Å². The highest BCUT2D eigenvalue weighted by Crippen LogP contribution is 2.45. The van der Waals surface area contributed by atoms with Crippen LogP contribution in [0.1, 0.15) is 51.2 Å². The van der Waals surface area contributed by atoms with Gasteiger partial charge in [-0.05, 0) is 27.7 Å². The lowest BCUT2D eigenvalue weighted by Crippen LogP contribution is -2.46. The van der Waals surface area contributed by atoms with Crippen LogP contribution in [0, 0.1) is 0 Å². The first-order chi connectivity index (χ1) is 18.1. The second-order valence-electron chi connectivity index (χ2n) is 10.8. The van der Waals surface area contributed by atoms with Crippen LogP contribution in [0.4, 0.5) is 0 Å². The number of nitrogens with zero attached hydrogens (tertiary/aromatic N) is 6. The van der Waals surface area contributed by atoms with E-state index in [1.807, 2.05) is 0 Å². The summed E-state index contributed by atoms with van der Waals surface area (Å²) in [7, 11) is 0. The highest BCUT2D eigenvalue weighted by Gasteiger charge is 2.60. The molecule has 8 atom stereocenters. The molecule has 4 saturated heterocycles. The Kier molecular flexibility index (Phi) is 5.21. The molecule has 5 aliphatic rings. The molecule has 0 spiro atoms. The SMILES string of the molecule is CC1(C)O[C@H]2O[C@@H]3C(=O)NCc4cnnn4[C@H]4[C@H]5OC(C)(C)O[C@H]5O[C@@H]4C(=O)NCc4cnnn4[C@H]3[C@H]2O1. The zero-order chi connectivity index (χ0) is 26.4. The molecular formula is C22H28N8O8. The molecule has 5 aliphatic heterocycles. The highest BCUT2D eigenvalue weighted by molar-refractivity contribution is 5.82. The minimum atomic E-state index is -0.996. The van der Waals surface area contributed by atoms with Crippen molar-refractivity contribution in [2.45, 2.75) is 101 Å². The molecule has 2 amide bonds. The summed E-state index contributed by atoms with van der Waals surface area (Å²) >= 11 is 0. The van der Waals surface area contributed by atoms with E-state index in [1.54, 1.807) is 37.1 Å². The van der Waals surface area contributed by atoms with Crippen LogP contribution in [0.15, 0.2) is 12.4 Å². The maximum absolute atomic E-state index is 13.5. The van der Waals surface area contributed by atoms with Crippen LogP contribution in [-0.4, -0.2) is 90.4 Å². The lowest BCUT2D eigenvalue weighted by Gasteiger charge is -2.28. The molecule has 204 valence electrons. The number of nitrogens with one attached hydrogen (secondary N) is 2. The molecule has 2 N–H and O–H groups in total. The maximum Gasteiger partial charge on any atom is 0.251 e. The van der Waals surface area contributed by atoms with Gasteiger partial charge in [0.2, 0.25) is 0 Å². The van der Waals surface area contributed by atoms with Crippen LogP contribution in [0.3, 0.4) is 0 Å². The van der Waals surface area contributed by atoms with Gasteiger partial charge in [-0.15, -0.1) is 10.2 Å². The van der Waals surface area contributed by atoms with E-state index in [4.69, 9.17) is 28.4 Å². The standard InChI is InChI=1S/C22H28N8O8/c1-21(2)35-15-11-13(33-19(15)37-21)17(31)23-6-10-8-26-28-30(10)12-14(34-20-16(12)36-22(3,4)38-20)18(32)24-5-9-7-25-27-29(9)11/h7-8,11-16,19-20H,5-6H2,1-4H3,(H,23,31)(H,24,32)/t11-,12-,13+,14+,15-,16-,19-,20-/m1/s1. The summed E-state index contributed by atoms with van der Waals surface area (Å²) in [5.41, 5.74) is 1.08. The van der Waals surface area contributed by atoms with Crippen LogP contribution in [0.25, 0.3) is 0 Å². The number of rotatable bonds is 0. The largest absolute Gasteiger partial charge is 0.348 e. The van der Waals surface area contributed by atoms with Gasteiger partial charge in [0, 0.05) is 0 Å². The number of amides is 2. The molecule has 0 radical (unpaired) electrons. The molecule has 0 bridgehead atoms. The van der Waals surface area contributed by atoms with Gasteiger partial charge in [-0.3, -0.25) is 9.59 Å². The summed E-state index contributed by atoms with van der Waals surface area (Å²) in [6.07, 6.45) is -1.79. The minimum Gasteiger partial charge on any atom is -0.348 e. The van der Waals surface area contributed by atoms with Crippen molar-refractivity contribution in [1.29, 1.82) is 0 Å². The van der Waals surface area contributed by atoms with E-state index in [0.29, 0.717) is 11.4 Å². The summed E-state index contributed by atoms with van der Waals surface area (Å²) < 4.78 is 39.1. The Morgan fingerprint density at radius 3 is 1.58 bits per heavy atom. The molecule has 2 aromatic heterocycles. The normalized spacial score (nSPS) is 39.2. The fourth-order valence-electron chi connectivity index (χ4n) is 5.79. The fourth-order valence-corrected chi connectivity index (χ4v) is 5.79. The van der Waals surface area contributed by atoms with E-state index in [-0.39, 0.29) is 13.1 Å². The molecular weight excluding hydrogens is 504 g/mol. The molecule has 0 saturated carbocycles. The van der Waals surface area contributed by atoms with Crippen molar-refractivity contribution in [1.82, 2.24) is 40.6 Å². The molecule has 4 fully saturated rings. The summed E-state index contributed by atoms with van der Waals surface area (Å²) in [6.45, 7) is 7.18. The number of fused-ring (bicyclic) bond motifs is 10. The van der Waals surface area contributed by atoms with Crippen molar-refractivity contribution in [2.24, 2.45) is 0 Å². The number of carbonyl (C=O) groups is 2. The predicted octanol–water partition coefficient (Wildman–Crippen LogP) is -1.35. The van der Waals surface area contributed by atoms with Crippen molar-refractivity contribution >= 4 is 11.8 Å². The van der Waals surface area contributed by atoms with E-state index in [1.165, 1.54) is 12.4 Å². The van der Waals surface area contributed by atoms with E-state index >= 15 is 0 Å². The minimum absolute atomic E-state index is 0.0532. The number of aromatic nitrogens is 6. The van der Waals surface area contributed by atoms with Gasteiger partial charge in [0.05, 0.1) is 36.9 Å². The van der Waals surface area contributed by atoms with Crippen molar-refractivity contribution in [3.8, 4) is 0 Å². The zero-order valence-corrected chi connectivity index (χ0v) is 21.1. The Labute approximate surface area is 216 Å². The number of hydrogen-bond acceptors (Lipinski definition) is 12. The summed E-state index contributed by atoms with van der Waals surface area (Å²) in [6, 6.07) is -1.39. The van der Waals surface area contributed by atoms with Crippen molar-refractivity contribution < 1.29 is 38.0 Å². The van der Waals surface area contributed by atoms with Crippen LogP contribution in [0.5, 0.6) is 0 Å². The molecule has 16 heteroatoms. The second kappa shape index (κ2) is 8.24. The third kappa shape index (κ3) is 3.74. The zero-order valence-electron chi connectivity index (χ0n) is 21.1. The Morgan fingerprint density at radius 1 is 0.737 bits per heavy atom. The molecule has 2 aromatic rings. The third-order valence-corrected chi connectivity index (χ3v) is 7.30. The molecule has 0 aromatic carbocycles. The first-order valence-corrected chi connectivity index (χ1v) is 12.5. The van der Waals surface area contributed by atoms with Gasteiger partial charge in [-0.25, -0.2) is 9.36 Å². The smallest absolute Gasteiger partial charge is 0.251 e. The molecule has 7 heterocycles. The van der Waals surface area contributed by atoms with Crippen LogP contribution < -0.4 is 10.6 Å². The topological polar surface area (TPSA) is 175 Å². The number of hydrogen-bond donors (Lipinski definition) is 2. The molecule has 0 aliphatic carbocycles. The van der Waals surface area contributed by atoms with Crippen LogP contribution >= 0.6 is 0 Å². The second-order valence-corrected chi connectivity index (χ2v) is 10.8. The van der Waals surface area contributed by atoms with Crippen molar-refractivity contribution in [3.05, 3.63) is 23.8 Å². The van der Waals surface area contributed by atoms with E-state index < -0.39 is 72.5 Å². The van der Waals surface area contributed by atoms with E-state index in [9.17, 15) is 9.59 Å². The third-order valence-electron chi connectivity index (χ3n) is 7.30. The predicted molar refractivity (Wildman–Crippen MR) is 119 cm³/mol. The molecule has 38 heavy (non-hydrogen) atoms. The number of ether oxygens (including phenoxy) is 6. The Hall–Kier alpha value is -3.02. The summed E-state index contributed by atoms with van der Waals surface area (Å²) in [5, 5.41) is 22.3. The Bertz CT molecular complexity index is 1180. The quantitative estimate of drug-likeness (QED) is 0.409. The maximum atomic E-state index is 13.5. The van der Waals surface area contributed by atoms with Gasteiger partial charge >= 0.3 is 0 Å². The summed E-state index contributed by atoms with van der Waals surface area (Å²) in [5.74, 6) is -2.62.